The molecule has 1 atom stereocenters. The molecule has 0 spiro atoms. The van der Waals surface area contributed by atoms with Crippen molar-refractivity contribution in [1.82, 2.24) is 14.9 Å². The van der Waals surface area contributed by atoms with Gasteiger partial charge in [0.25, 0.3) is 5.91 Å². The van der Waals surface area contributed by atoms with E-state index in [4.69, 9.17) is 0 Å². The monoisotopic (exact) mass is 275 g/mol. The van der Waals surface area contributed by atoms with Crippen molar-refractivity contribution >= 4 is 17.2 Å². The van der Waals surface area contributed by atoms with Crippen LogP contribution in [-0.4, -0.2) is 15.5 Å². The Labute approximate surface area is 116 Å². The number of hydrogen-bond acceptors (Lipinski definition) is 3. The van der Waals surface area contributed by atoms with Crippen molar-refractivity contribution in [3.63, 3.8) is 0 Å². The normalized spacial score (nSPS) is 16.3. The van der Waals surface area contributed by atoms with E-state index < -0.39 is 0 Å². The van der Waals surface area contributed by atoms with Gasteiger partial charge in [-0.15, -0.1) is 11.3 Å². The molecule has 1 aliphatic rings. The van der Waals surface area contributed by atoms with Crippen LogP contribution in [0.5, 0.6) is 0 Å². The molecule has 0 saturated heterocycles. The lowest BCUT2D eigenvalue weighted by Crippen LogP contribution is -2.28. The molecule has 0 aliphatic heterocycles. The molecule has 2 aromatic rings. The van der Waals surface area contributed by atoms with Crippen molar-refractivity contribution in [2.45, 2.75) is 38.8 Å². The second kappa shape index (κ2) is 4.81. The van der Waals surface area contributed by atoms with E-state index in [1.165, 1.54) is 12.8 Å². The molecular formula is C14H17N3OS. The number of amides is 1. The molecule has 0 radical (unpaired) electrons. The molecule has 1 aliphatic carbocycles. The van der Waals surface area contributed by atoms with Crippen molar-refractivity contribution in [2.24, 2.45) is 0 Å². The maximum Gasteiger partial charge on any atom is 0.268 e. The van der Waals surface area contributed by atoms with E-state index in [-0.39, 0.29) is 11.9 Å². The minimum Gasteiger partial charge on any atom is -0.343 e. The lowest BCUT2D eigenvalue weighted by atomic mass is 10.2. The summed E-state index contributed by atoms with van der Waals surface area (Å²) in [6, 6.07) is 4.28. The molecule has 4 nitrogen and oxygen atoms in total. The van der Waals surface area contributed by atoms with E-state index in [9.17, 15) is 4.79 Å². The van der Waals surface area contributed by atoms with Gasteiger partial charge in [0.1, 0.15) is 5.69 Å². The van der Waals surface area contributed by atoms with Crippen molar-refractivity contribution in [3.05, 3.63) is 40.1 Å². The summed E-state index contributed by atoms with van der Waals surface area (Å²) in [7, 11) is 0. The number of thiazole rings is 1. The Morgan fingerprint density at radius 2 is 2.37 bits per heavy atom. The molecule has 0 unspecified atom stereocenters. The number of nitrogens with zero attached hydrogens (tertiary/aromatic N) is 2. The summed E-state index contributed by atoms with van der Waals surface area (Å²) in [5.41, 5.74) is 1.68. The zero-order valence-electron chi connectivity index (χ0n) is 11.1. The minimum absolute atomic E-state index is 0.0185. The third-order valence-electron chi connectivity index (χ3n) is 3.38. The average Bonchev–Trinajstić information content (AvgIpc) is 2.94. The maximum absolute atomic E-state index is 12.3. The quantitative estimate of drug-likeness (QED) is 0.932. The highest BCUT2D eigenvalue weighted by atomic mass is 32.1. The number of hydrogen-bond donors (Lipinski definition) is 1. The number of aromatic nitrogens is 2. The third kappa shape index (κ3) is 2.56. The van der Waals surface area contributed by atoms with Crippen LogP contribution in [0.4, 0.5) is 0 Å². The molecule has 19 heavy (non-hydrogen) atoms. The van der Waals surface area contributed by atoms with Gasteiger partial charge in [0.2, 0.25) is 0 Å². The molecular weight excluding hydrogens is 258 g/mol. The Hall–Kier alpha value is -1.62. The Kier molecular flexibility index (Phi) is 3.14. The van der Waals surface area contributed by atoms with E-state index >= 15 is 0 Å². The molecule has 100 valence electrons. The van der Waals surface area contributed by atoms with Crippen molar-refractivity contribution in [2.75, 3.05) is 0 Å². The number of aryl methyl sites for hydroxylation is 1. The first kappa shape index (κ1) is 12.4. The fraction of sp³-hybridized carbons (Fsp3) is 0.429. The lowest BCUT2D eigenvalue weighted by Gasteiger charge is -2.13. The number of rotatable bonds is 4. The first-order valence-corrected chi connectivity index (χ1v) is 7.43. The third-order valence-corrected chi connectivity index (χ3v) is 4.17. The fourth-order valence-corrected chi connectivity index (χ4v) is 2.89. The second-order valence-electron chi connectivity index (χ2n) is 5.02. The fourth-order valence-electron chi connectivity index (χ4n) is 2.18. The largest absolute Gasteiger partial charge is 0.343 e. The van der Waals surface area contributed by atoms with Gasteiger partial charge >= 0.3 is 0 Å². The summed E-state index contributed by atoms with van der Waals surface area (Å²) in [4.78, 5) is 16.7. The zero-order valence-corrected chi connectivity index (χ0v) is 11.9. The van der Waals surface area contributed by atoms with Crippen LogP contribution in [0.25, 0.3) is 0 Å². The summed E-state index contributed by atoms with van der Waals surface area (Å²) in [5.74, 6) is -0.0185. The van der Waals surface area contributed by atoms with Gasteiger partial charge in [0.05, 0.1) is 16.7 Å². The van der Waals surface area contributed by atoms with Crippen LogP contribution in [0, 0.1) is 6.92 Å². The van der Waals surface area contributed by atoms with Gasteiger partial charge < -0.3 is 9.88 Å². The van der Waals surface area contributed by atoms with E-state index in [1.807, 2.05) is 37.6 Å². The summed E-state index contributed by atoms with van der Waals surface area (Å²) in [6.07, 6.45) is 4.34. The smallest absolute Gasteiger partial charge is 0.268 e. The van der Waals surface area contributed by atoms with E-state index in [0.717, 1.165) is 16.4 Å². The number of carbonyl (C=O) groups excluding carboxylic acids is 1. The molecule has 1 N–H and O–H groups in total. The van der Waals surface area contributed by atoms with E-state index in [1.54, 1.807) is 11.3 Å². The van der Waals surface area contributed by atoms with E-state index in [2.05, 4.69) is 14.9 Å². The van der Waals surface area contributed by atoms with Crippen LogP contribution in [-0.2, 0) is 0 Å². The topological polar surface area (TPSA) is 46.9 Å². The highest BCUT2D eigenvalue weighted by Gasteiger charge is 2.27. The Morgan fingerprint density at radius 1 is 1.58 bits per heavy atom. The van der Waals surface area contributed by atoms with Gasteiger partial charge in [-0.3, -0.25) is 4.79 Å². The van der Waals surface area contributed by atoms with Crippen molar-refractivity contribution in [3.8, 4) is 0 Å². The summed E-state index contributed by atoms with van der Waals surface area (Å²) in [6.45, 7) is 3.94. The highest BCUT2D eigenvalue weighted by molar-refractivity contribution is 7.09. The number of nitrogens with one attached hydrogen (secondary N) is 1. The molecule has 1 fully saturated rings. The van der Waals surface area contributed by atoms with Crippen LogP contribution >= 0.6 is 11.3 Å². The Bertz CT molecular complexity index is 597. The molecule has 0 aromatic carbocycles. The summed E-state index contributed by atoms with van der Waals surface area (Å²) >= 11 is 1.61. The van der Waals surface area contributed by atoms with Gasteiger partial charge in [-0.1, -0.05) is 0 Å². The Balaban J connectivity index is 1.72. The molecule has 0 bridgehead atoms. The number of carbonyl (C=O) groups is 1. The lowest BCUT2D eigenvalue weighted by molar-refractivity contribution is 0.0929. The summed E-state index contributed by atoms with van der Waals surface area (Å²) < 4.78 is 2.08. The van der Waals surface area contributed by atoms with Crippen LogP contribution in [0.3, 0.4) is 0 Å². The first-order valence-electron chi connectivity index (χ1n) is 6.55. The van der Waals surface area contributed by atoms with Gasteiger partial charge in [0, 0.05) is 17.6 Å². The van der Waals surface area contributed by atoms with Crippen LogP contribution in [0.1, 0.15) is 53.0 Å². The molecule has 2 heterocycles. The van der Waals surface area contributed by atoms with Gasteiger partial charge in [0.15, 0.2) is 0 Å². The van der Waals surface area contributed by atoms with Crippen LogP contribution in [0.2, 0.25) is 0 Å². The van der Waals surface area contributed by atoms with Crippen molar-refractivity contribution < 1.29 is 4.79 Å². The first-order chi connectivity index (χ1) is 9.15. The molecule has 3 rings (SSSR count). The molecule has 1 saturated carbocycles. The van der Waals surface area contributed by atoms with Crippen LogP contribution < -0.4 is 5.32 Å². The van der Waals surface area contributed by atoms with Gasteiger partial charge in [-0.05, 0) is 38.8 Å². The van der Waals surface area contributed by atoms with Gasteiger partial charge in [-0.25, -0.2) is 4.98 Å². The SMILES string of the molecule is Cc1nc([C@@H](C)NC(=O)c2cccn2C2CC2)cs1. The predicted molar refractivity (Wildman–Crippen MR) is 75.4 cm³/mol. The Morgan fingerprint density at radius 3 is 3.00 bits per heavy atom. The second-order valence-corrected chi connectivity index (χ2v) is 6.08. The standard InChI is InChI=1S/C14H17N3OS/c1-9(12-8-19-10(2)16-12)15-14(18)13-4-3-7-17(13)11-5-6-11/h3-4,7-9,11H,5-6H2,1-2H3,(H,15,18)/t9-/m1/s1. The average molecular weight is 275 g/mol. The van der Waals surface area contributed by atoms with Crippen molar-refractivity contribution in [1.29, 1.82) is 0 Å². The van der Waals surface area contributed by atoms with Crippen LogP contribution in [0.15, 0.2) is 23.7 Å². The molecule has 5 heteroatoms. The van der Waals surface area contributed by atoms with E-state index in [0.29, 0.717) is 6.04 Å². The predicted octanol–water partition coefficient (Wildman–Crippen LogP) is 3.08. The zero-order chi connectivity index (χ0) is 13.4. The maximum atomic E-state index is 12.3. The molecule has 1 amide bonds. The van der Waals surface area contributed by atoms with Gasteiger partial charge in [-0.2, -0.15) is 0 Å². The summed E-state index contributed by atoms with van der Waals surface area (Å²) in [5, 5.41) is 6.04. The molecule has 2 aromatic heterocycles. The minimum atomic E-state index is -0.0556. The highest BCUT2D eigenvalue weighted by Crippen LogP contribution is 2.36.